The smallest absolute Gasteiger partial charge is 0.220 e. The van der Waals surface area contributed by atoms with E-state index in [0.717, 1.165) is 12.8 Å². The highest BCUT2D eigenvalue weighted by atomic mass is 19.1. The summed E-state index contributed by atoms with van der Waals surface area (Å²) in [5.74, 6) is -0.894. The van der Waals surface area contributed by atoms with Crippen molar-refractivity contribution in [2.45, 2.75) is 25.8 Å². The normalized spacial score (nSPS) is 14.9. The van der Waals surface area contributed by atoms with Crippen LogP contribution in [0.3, 0.4) is 0 Å². The van der Waals surface area contributed by atoms with Gasteiger partial charge >= 0.3 is 0 Å². The summed E-state index contributed by atoms with van der Waals surface area (Å²) >= 11 is 0. The van der Waals surface area contributed by atoms with E-state index < -0.39 is 11.6 Å². The third-order valence-electron chi connectivity index (χ3n) is 2.70. The lowest BCUT2D eigenvalue weighted by Crippen LogP contribution is -2.24. The van der Waals surface area contributed by atoms with Gasteiger partial charge in [-0.25, -0.2) is 8.78 Å². The van der Waals surface area contributed by atoms with Gasteiger partial charge in [0.25, 0.3) is 0 Å². The number of nitrogens with one attached hydrogen (secondary N) is 1. The van der Waals surface area contributed by atoms with Gasteiger partial charge in [0.2, 0.25) is 5.91 Å². The molecule has 1 aliphatic rings. The molecule has 0 heterocycles. The SMILES string of the molecule is O=C(CC1CC1)NCc1c(F)cccc1F. The lowest BCUT2D eigenvalue weighted by atomic mass is 10.2. The summed E-state index contributed by atoms with van der Waals surface area (Å²) < 4.78 is 26.4. The number of amides is 1. The van der Waals surface area contributed by atoms with Crippen LogP contribution in [0.1, 0.15) is 24.8 Å². The van der Waals surface area contributed by atoms with E-state index in [1.165, 1.54) is 18.2 Å². The van der Waals surface area contributed by atoms with E-state index in [0.29, 0.717) is 12.3 Å². The zero-order chi connectivity index (χ0) is 11.5. The van der Waals surface area contributed by atoms with Gasteiger partial charge < -0.3 is 5.32 Å². The van der Waals surface area contributed by atoms with Crippen molar-refractivity contribution >= 4 is 5.91 Å². The molecule has 0 unspecified atom stereocenters. The number of hydrogen-bond donors (Lipinski definition) is 1. The zero-order valence-corrected chi connectivity index (χ0v) is 8.80. The van der Waals surface area contributed by atoms with Crippen LogP contribution in [0.2, 0.25) is 0 Å². The molecule has 0 spiro atoms. The minimum Gasteiger partial charge on any atom is -0.352 e. The molecule has 1 N–H and O–H groups in total. The molecule has 86 valence electrons. The Morgan fingerprint density at radius 3 is 2.50 bits per heavy atom. The molecule has 0 aliphatic heterocycles. The summed E-state index contributed by atoms with van der Waals surface area (Å²) in [6, 6.07) is 3.68. The summed E-state index contributed by atoms with van der Waals surface area (Å²) in [6.45, 7) is -0.0793. The first-order chi connectivity index (χ1) is 7.66. The molecule has 0 bridgehead atoms. The second-order valence-electron chi connectivity index (χ2n) is 4.12. The summed E-state index contributed by atoms with van der Waals surface area (Å²) in [5, 5.41) is 2.53. The first-order valence-electron chi connectivity index (χ1n) is 5.36. The van der Waals surface area contributed by atoms with Crippen LogP contribution in [0.4, 0.5) is 8.78 Å². The molecule has 2 rings (SSSR count). The van der Waals surface area contributed by atoms with Gasteiger partial charge in [0, 0.05) is 18.5 Å². The molecule has 1 aromatic carbocycles. The van der Waals surface area contributed by atoms with Gasteiger partial charge in [-0.1, -0.05) is 6.07 Å². The quantitative estimate of drug-likeness (QED) is 0.837. The molecule has 0 atom stereocenters. The Balaban J connectivity index is 1.90. The second kappa shape index (κ2) is 4.60. The maximum atomic E-state index is 13.2. The monoisotopic (exact) mass is 225 g/mol. The van der Waals surface area contributed by atoms with E-state index in [2.05, 4.69) is 5.32 Å². The maximum Gasteiger partial charge on any atom is 0.220 e. The fourth-order valence-electron chi connectivity index (χ4n) is 1.54. The molecule has 1 fully saturated rings. The van der Waals surface area contributed by atoms with Gasteiger partial charge in [0.05, 0.1) is 0 Å². The summed E-state index contributed by atoms with van der Waals surface area (Å²) in [7, 11) is 0. The van der Waals surface area contributed by atoms with E-state index in [4.69, 9.17) is 0 Å². The second-order valence-corrected chi connectivity index (χ2v) is 4.12. The third-order valence-corrected chi connectivity index (χ3v) is 2.70. The highest BCUT2D eigenvalue weighted by Gasteiger charge is 2.24. The van der Waals surface area contributed by atoms with Crippen molar-refractivity contribution in [2.75, 3.05) is 0 Å². The molecule has 4 heteroatoms. The number of benzene rings is 1. The maximum absolute atomic E-state index is 13.2. The van der Waals surface area contributed by atoms with Crippen molar-refractivity contribution in [3.63, 3.8) is 0 Å². The Hall–Kier alpha value is -1.45. The Bertz CT molecular complexity index is 382. The van der Waals surface area contributed by atoms with Gasteiger partial charge in [-0.3, -0.25) is 4.79 Å². The topological polar surface area (TPSA) is 29.1 Å². The first-order valence-corrected chi connectivity index (χ1v) is 5.36. The molecule has 1 aromatic rings. The van der Waals surface area contributed by atoms with Crippen molar-refractivity contribution in [1.82, 2.24) is 5.32 Å². The number of rotatable bonds is 4. The van der Waals surface area contributed by atoms with E-state index in [-0.39, 0.29) is 18.0 Å². The van der Waals surface area contributed by atoms with Crippen molar-refractivity contribution in [3.05, 3.63) is 35.4 Å². The van der Waals surface area contributed by atoms with Crippen LogP contribution in [0.15, 0.2) is 18.2 Å². The molecule has 1 aliphatic carbocycles. The highest BCUT2D eigenvalue weighted by Crippen LogP contribution is 2.32. The minimum atomic E-state index is -0.619. The summed E-state index contributed by atoms with van der Waals surface area (Å²) in [5.41, 5.74) is -0.0772. The summed E-state index contributed by atoms with van der Waals surface area (Å²) in [6.07, 6.45) is 2.64. The summed E-state index contributed by atoms with van der Waals surface area (Å²) in [4.78, 5) is 11.3. The number of carbonyl (C=O) groups is 1. The van der Waals surface area contributed by atoms with Crippen molar-refractivity contribution in [2.24, 2.45) is 5.92 Å². The predicted octanol–water partition coefficient (Wildman–Crippen LogP) is 2.38. The van der Waals surface area contributed by atoms with Crippen LogP contribution >= 0.6 is 0 Å². The van der Waals surface area contributed by atoms with Crippen molar-refractivity contribution in [3.8, 4) is 0 Å². The molecule has 2 nitrogen and oxygen atoms in total. The van der Waals surface area contributed by atoms with E-state index in [9.17, 15) is 13.6 Å². The van der Waals surface area contributed by atoms with E-state index >= 15 is 0 Å². The van der Waals surface area contributed by atoms with Crippen LogP contribution in [-0.4, -0.2) is 5.91 Å². The standard InChI is InChI=1S/C12H13F2NO/c13-10-2-1-3-11(14)9(10)7-15-12(16)6-8-4-5-8/h1-3,8H,4-7H2,(H,15,16). The number of hydrogen-bond acceptors (Lipinski definition) is 1. The van der Waals surface area contributed by atoms with Gasteiger partial charge in [-0.15, -0.1) is 0 Å². The molecule has 0 saturated heterocycles. The molecular formula is C12H13F2NO. The minimum absolute atomic E-state index is 0.0772. The largest absolute Gasteiger partial charge is 0.352 e. The molecule has 1 amide bonds. The van der Waals surface area contributed by atoms with Crippen LogP contribution in [0.5, 0.6) is 0 Å². The lowest BCUT2D eigenvalue weighted by Gasteiger charge is -2.06. The van der Waals surface area contributed by atoms with Crippen molar-refractivity contribution in [1.29, 1.82) is 0 Å². The Kier molecular flexibility index (Phi) is 3.17. The van der Waals surface area contributed by atoms with E-state index in [1.807, 2.05) is 0 Å². The van der Waals surface area contributed by atoms with Crippen LogP contribution < -0.4 is 5.32 Å². The average Bonchev–Trinajstić information content (AvgIpc) is 3.01. The number of carbonyl (C=O) groups excluding carboxylic acids is 1. The Labute approximate surface area is 92.7 Å². The van der Waals surface area contributed by atoms with Crippen LogP contribution in [0, 0.1) is 17.6 Å². The Morgan fingerprint density at radius 1 is 1.31 bits per heavy atom. The molecule has 0 radical (unpaired) electrons. The molecular weight excluding hydrogens is 212 g/mol. The van der Waals surface area contributed by atoms with Gasteiger partial charge in [-0.2, -0.15) is 0 Å². The molecule has 1 saturated carbocycles. The average molecular weight is 225 g/mol. The van der Waals surface area contributed by atoms with Gasteiger partial charge in [0.1, 0.15) is 11.6 Å². The Morgan fingerprint density at radius 2 is 1.94 bits per heavy atom. The highest BCUT2D eigenvalue weighted by molar-refractivity contribution is 5.76. The lowest BCUT2D eigenvalue weighted by molar-refractivity contribution is -0.121. The molecule has 16 heavy (non-hydrogen) atoms. The fraction of sp³-hybridized carbons (Fsp3) is 0.417. The van der Waals surface area contributed by atoms with Crippen LogP contribution in [0.25, 0.3) is 0 Å². The number of halogens is 2. The first kappa shape index (κ1) is 11.0. The zero-order valence-electron chi connectivity index (χ0n) is 8.80. The predicted molar refractivity (Wildman–Crippen MR) is 55.5 cm³/mol. The third kappa shape index (κ3) is 2.78. The van der Waals surface area contributed by atoms with E-state index in [1.54, 1.807) is 0 Å². The van der Waals surface area contributed by atoms with Crippen molar-refractivity contribution < 1.29 is 13.6 Å². The molecule has 0 aromatic heterocycles. The van der Waals surface area contributed by atoms with Gasteiger partial charge in [-0.05, 0) is 30.9 Å². The fourth-order valence-corrected chi connectivity index (χ4v) is 1.54. The van der Waals surface area contributed by atoms with Gasteiger partial charge in [0.15, 0.2) is 0 Å². The van der Waals surface area contributed by atoms with Crippen LogP contribution in [-0.2, 0) is 11.3 Å².